The van der Waals surface area contributed by atoms with Crippen LogP contribution in [0.2, 0.25) is 10.0 Å². The third kappa shape index (κ3) is 3.83. The normalized spacial score (nSPS) is 14.7. The zero-order valence-electron chi connectivity index (χ0n) is 14.7. The number of carbonyl (C=O) groups excluding carboxylic acids is 1. The molecule has 0 saturated carbocycles. The van der Waals surface area contributed by atoms with Crippen molar-refractivity contribution in [3.63, 3.8) is 0 Å². The zero-order valence-corrected chi connectivity index (χ0v) is 16.2. The van der Waals surface area contributed by atoms with Gasteiger partial charge >= 0.3 is 6.09 Å². The molecule has 2 rings (SSSR count). The topological polar surface area (TPSA) is 48.0 Å². The minimum absolute atomic E-state index is 0.332. The van der Waals surface area contributed by atoms with Gasteiger partial charge in [0.15, 0.2) is 11.5 Å². The molecule has 0 spiro atoms. The lowest BCUT2D eigenvalue weighted by Crippen LogP contribution is -2.38. The quantitative estimate of drug-likeness (QED) is 0.770. The summed E-state index contributed by atoms with van der Waals surface area (Å²) in [6, 6.07) is 0. The molecule has 0 aromatic heterocycles. The summed E-state index contributed by atoms with van der Waals surface area (Å²) in [6.07, 6.45) is 0.822. The first-order valence-electron chi connectivity index (χ1n) is 7.78. The number of ether oxygens (including phenoxy) is 3. The van der Waals surface area contributed by atoms with Gasteiger partial charge < -0.3 is 19.1 Å². The third-order valence-corrected chi connectivity index (χ3v) is 4.62. The molecule has 0 saturated heterocycles. The van der Waals surface area contributed by atoms with Crippen molar-refractivity contribution in [3.8, 4) is 11.5 Å². The lowest BCUT2D eigenvalue weighted by atomic mass is 10.0. The minimum atomic E-state index is -0.530. The Labute approximate surface area is 152 Å². The van der Waals surface area contributed by atoms with Crippen LogP contribution in [0.25, 0.3) is 0 Å². The molecule has 0 unspecified atom stereocenters. The molecule has 1 aliphatic heterocycles. The van der Waals surface area contributed by atoms with E-state index in [1.165, 1.54) is 14.2 Å². The Bertz CT molecular complexity index is 600. The summed E-state index contributed by atoms with van der Waals surface area (Å²) < 4.78 is 16.2. The molecule has 1 heterocycles. The van der Waals surface area contributed by atoms with Gasteiger partial charge in [0.1, 0.15) is 5.60 Å². The van der Waals surface area contributed by atoms with E-state index in [1.54, 1.807) is 4.90 Å². The summed E-state index contributed by atoms with van der Waals surface area (Å²) in [7, 11) is 3.05. The molecule has 24 heavy (non-hydrogen) atoms. The van der Waals surface area contributed by atoms with Gasteiger partial charge in [-0.25, -0.2) is 4.79 Å². The maximum atomic E-state index is 12.3. The number of benzene rings is 1. The summed E-state index contributed by atoms with van der Waals surface area (Å²) >= 11 is 13.0. The molecule has 1 aromatic rings. The second-order valence-electron chi connectivity index (χ2n) is 6.62. The van der Waals surface area contributed by atoms with Crippen LogP contribution >= 0.6 is 23.2 Å². The van der Waals surface area contributed by atoms with E-state index >= 15 is 0 Å². The monoisotopic (exact) mass is 375 g/mol. The van der Waals surface area contributed by atoms with E-state index in [9.17, 15) is 4.79 Å². The van der Waals surface area contributed by atoms with E-state index < -0.39 is 5.60 Å². The molecule has 134 valence electrons. The highest BCUT2D eigenvalue weighted by molar-refractivity contribution is 6.37. The van der Waals surface area contributed by atoms with Crippen LogP contribution in [0, 0.1) is 0 Å². The highest BCUT2D eigenvalue weighted by Gasteiger charge is 2.29. The minimum Gasteiger partial charge on any atom is -0.491 e. The van der Waals surface area contributed by atoms with E-state index in [2.05, 4.69) is 0 Å². The highest BCUT2D eigenvalue weighted by atomic mass is 35.5. The molecule has 7 heteroatoms. The number of hydrogen-bond acceptors (Lipinski definition) is 4. The summed E-state index contributed by atoms with van der Waals surface area (Å²) in [6.45, 7) is 6.56. The van der Waals surface area contributed by atoms with Crippen molar-refractivity contribution < 1.29 is 19.0 Å². The van der Waals surface area contributed by atoms with Crippen LogP contribution in [-0.4, -0.2) is 43.9 Å². The van der Waals surface area contributed by atoms with Gasteiger partial charge in [0.25, 0.3) is 0 Å². The molecule has 0 atom stereocenters. The molecule has 1 aromatic carbocycles. The van der Waals surface area contributed by atoms with Crippen LogP contribution < -0.4 is 9.47 Å². The van der Waals surface area contributed by atoms with Gasteiger partial charge in [0.2, 0.25) is 0 Å². The van der Waals surface area contributed by atoms with Gasteiger partial charge in [-0.05, 0) is 44.7 Å². The number of halogens is 2. The van der Waals surface area contributed by atoms with Crippen molar-refractivity contribution in [1.29, 1.82) is 0 Å². The first-order chi connectivity index (χ1) is 11.2. The van der Waals surface area contributed by atoms with E-state index in [0.29, 0.717) is 47.5 Å². The summed E-state index contributed by atoms with van der Waals surface area (Å²) in [5.41, 5.74) is 1.26. The fraction of sp³-hybridized carbons (Fsp3) is 0.588. The molecule has 5 nitrogen and oxygen atoms in total. The van der Waals surface area contributed by atoms with Crippen LogP contribution in [0.1, 0.15) is 31.9 Å². The standard InChI is InChI=1S/C17H23Cl2NO4/c1-17(2,3)24-16(21)20-8-6-10-11(7-9-20)13(19)15(23-5)14(22-4)12(10)18/h6-9H2,1-5H3. The predicted octanol–water partition coefficient (Wildman–Crippen LogP) is 4.35. The maximum Gasteiger partial charge on any atom is 0.410 e. The molecule has 0 aliphatic carbocycles. The number of rotatable bonds is 2. The largest absolute Gasteiger partial charge is 0.491 e. The first-order valence-corrected chi connectivity index (χ1v) is 8.53. The van der Waals surface area contributed by atoms with Crippen LogP contribution in [-0.2, 0) is 17.6 Å². The average molecular weight is 376 g/mol. The Morgan fingerprint density at radius 1 is 0.958 bits per heavy atom. The number of nitrogens with zero attached hydrogens (tertiary/aromatic N) is 1. The van der Waals surface area contributed by atoms with Gasteiger partial charge in [-0.1, -0.05) is 23.2 Å². The molecule has 1 aliphatic rings. The van der Waals surface area contributed by atoms with Crippen molar-refractivity contribution in [1.82, 2.24) is 4.90 Å². The fourth-order valence-electron chi connectivity index (χ4n) is 2.74. The van der Waals surface area contributed by atoms with Crippen molar-refractivity contribution >= 4 is 29.3 Å². The van der Waals surface area contributed by atoms with Gasteiger partial charge in [-0.2, -0.15) is 0 Å². The Kier molecular flexibility index (Phi) is 5.76. The SMILES string of the molecule is COc1c(Cl)c2c(c(Cl)c1OC)CCN(C(=O)OC(C)(C)C)CC2. The second kappa shape index (κ2) is 7.28. The smallest absolute Gasteiger partial charge is 0.410 e. The van der Waals surface area contributed by atoms with E-state index in [4.69, 9.17) is 37.4 Å². The zero-order chi connectivity index (χ0) is 18.1. The van der Waals surface area contributed by atoms with Crippen LogP contribution in [0.5, 0.6) is 11.5 Å². The molecule has 1 amide bonds. The number of carbonyl (C=O) groups is 1. The Morgan fingerprint density at radius 3 is 1.71 bits per heavy atom. The number of hydrogen-bond donors (Lipinski definition) is 0. The highest BCUT2D eigenvalue weighted by Crippen LogP contribution is 2.46. The number of methoxy groups -OCH3 is 2. The summed E-state index contributed by atoms with van der Waals surface area (Å²) in [5, 5.41) is 0.972. The fourth-order valence-corrected chi connectivity index (χ4v) is 3.48. The van der Waals surface area contributed by atoms with Gasteiger partial charge in [0.05, 0.1) is 24.3 Å². The second-order valence-corrected chi connectivity index (χ2v) is 7.37. The van der Waals surface area contributed by atoms with E-state index in [-0.39, 0.29) is 6.09 Å². The van der Waals surface area contributed by atoms with Crippen molar-refractivity contribution in [3.05, 3.63) is 21.2 Å². The molecule has 0 fully saturated rings. The Balaban J connectivity index is 2.33. The van der Waals surface area contributed by atoms with Crippen LogP contribution in [0.3, 0.4) is 0 Å². The van der Waals surface area contributed by atoms with Crippen LogP contribution in [0.4, 0.5) is 4.79 Å². The van der Waals surface area contributed by atoms with Crippen LogP contribution in [0.15, 0.2) is 0 Å². The molecule has 0 bridgehead atoms. The first kappa shape index (κ1) is 19.0. The molecular formula is C17H23Cl2NO4. The lowest BCUT2D eigenvalue weighted by Gasteiger charge is -2.26. The number of fused-ring (bicyclic) bond motifs is 1. The lowest BCUT2D eigenvalue weighted by molar-refractivity contribution is 0.0258. The Morgan fingerprint density at radius 2 is 1.38 bits per heavy atom. The third-order valence-electron chi connectivity index (χ3n) is 3.82. The van der Waals surface area contributed by atoms with Gasteiger partial charge in [0, 0.05) is 13.1 Å². The molecule has 0 N–H and O–H groups in total. The Hall–Kier alpha value is -1.33. The van der Waals surface area contributed by atoms with Crippen molar-refractivity contribution in [2.75, 3.05) is 27.3 Å². The average Bonchev–Trinajstić information content (AvgIpc) is 2.72. The van der Waals surface area contributed by atoms with Gasteiger partial charge in [-0.15, -0.1) is 0 Å². The van der Waals surface area contributed by atoms with Crippen molar-refractivity contribution in [2.24, 2.45) is 0 Å². The van der Waals surface area contributed by atoms with Crippen molar-refractivity contribution in [2.45, 2.75) is 39.2 Å². The molecule has 0 radical (unpaired) electrons. The molecular weight excluding hydrogens is 353 g/mol. The van der Waals surface area contributed by atoms with Gasteiger partial charge in [-0.3, -0.25) is 0 Å². The van der Waals surface area contributed by atoms with E-state index in [0.717, 1.165) is 11.1 Å². The predicted molar refractivity (Wildman–Crippen MR) is 94.8 cm³/mol. The summed E-state index contributed by atoms with van der Waals surface area (Å²) in [4.78, 5) is 14.0. The summed E-state index contributed by atoms with van der Waals surface area (Å²) in [5.74, 6) is 0.849. The maximum absolute atomic E-state index is 12.3. The number of amides is 1. The van der Waals surface area contributed by atoms with E-state index in [1.807, 2.05) is 20.8 Å².